The quantitative estimate of drug-likeness (QED) is 0.219. The molecule has 0 aliphatic heterocycles. The molecule has 2 amide bonds. The van der Waals surface area contributed by atoms with Gasteiger partial charge in [0.05, 0.1) is 0 Å². The summed E-state index contributed by atoms with van der Waals surface area (Å²) in [7, 11) is 0. The largest absolute Gasteiger partial charge is 0.351 e. The number of carbonyl (C=O) groups is 2. The van der Waals surface area contributed by atoms with Crippen LogP contribution >= 0.6 is 0 Å². The molecule has 3 aromatic rings. The van der Waals surface area contributed by atoms with E-state index in [1.165, 1.54) is 0 Å². The molecule has 0 aliphatic rings. The average molecular weight is 470 g/mol. The van der Waals surface area contributed by atoms with E-state index in [0.29, 0.717) is 24.3 Å². The van der Waals surface area contributed by atoms with Crippen molar-refractivity contribution in [2.75, 3.05) is 6.54 Å². The van der Waals surface area contributed by atoms with E-state index in [9.17, 15) is 9.59 Å². The van der Waals surface area contributed by atoms with Crippen molar-refractivity contribution in [2.24, 2.45) is 11.0 Å². The maximum absolute atomic E-state index is 13.2. The zero-order valence-corrected chi connectivity index (χ0v) is 20.1. The van der Waals surface area contributed by atoms with Crippen LogP contribution in [0.15, 0.2) is 90.0 Å². The molecule has 3 rings (SSSR count). The lowest BCUT2D eigenvalue weighted by Gasteiger charge is -2.24. The van der Waals surface area contributed by atoms with Crippen molar-refractivity contribution in [3.8, 4) is 11.1 Å². The molecule has 0 unspecified atom stereocenters. The standard InChI is InChI=1S/C28H31N5O2/c1-20(2)17-25(19-30-33-29)31-28(35)26(18-21-9-5-3-6-10-21)32-27(34)24-15-13-23(14-16-24)22-11-7-4-8-12-22/h3-16,20,25-26H,17-19H2,1-2H3,(H,31,35)(H,32,34)/t25-,26-/m0/s1. The number of benzene rings is 3. The van der Waals surface area contributed by atoms with Gasteiger partial charge in [-0.15, -0.1) is 0 Å². The Balaban J connectivity index is 1.76. The summed E-state index contributed by atoms with van der Waals surface area (Å²) in [5.41, 5.74) is 12.2. The highest BCUT2D eigenvalue weighted by Gasteiger charge is 2.24. The van der Waals surface area contributed by atoms with Crippen LogP contribution < -0.4 is 10.6 Å². The molecular weight excluding hydrogens is 438 g/mol. The SMILES string of the molecule is CC(C)C[C@@H](CN=[N+]=[N-])NC(=O)[C@H](Cc1ccccc1)NC(=O)c1ccc(-c2ccccc2)cc1. The second kappa shape index (κ2) is 13.0. The molecule has 0 radical (unpaired) electrons. The maximum atomic E-state index is 13.2. The van der Waals surface area contributed by atoms with Gasteiger partial charge >= 0.3 is 0 Å². The van der Waals surface area contributed by atoms with E-state index in [-0.39, 0.29) is 24.4 Å². The zero-order valence-electron chi connectivity index (χ0n) is 20.1. The monoisotopic (exact) mass is 469 g/mol. The van der Waals surface area contributed by atoms with Crippen LogP contribution in [0.3, 0.4) is 0 Å². The summed E-state index contributed by atoms with van der Waals surface area (Å²) in [5.74, 6) is -0.322. The summed E-state index contributed by atoms with van der Waals surface area (Å²) in [6, 6.07) is 25.7. The molecule has 0 fully saturated rings. The molecule has 0 saturated carbocycles. The third-order valence-electron chi connectivity index (χ3n) is 5.63. The highest BCUT2D eigenvalue weighted by atomic mass is 16.2. The van der Waals surface area contributed by atoms with Gasteiger partial charge in [-0.05, 0) is 46.7 Å². The van der Waals surface area contributed by atoms with E-state index in [1.807, 2.05) is 86.6 Å². The van der Waals surface area contributed by atoms with Crippen LogP contribution in [0.1, 0.15) is 36.2 Å². The first-order valence-electron chi connectivity index (χ1n) is 11.8. The lowest BCUT2D eigenvalue weighted by Crippen LogP contribution is -2.51. The van der Waals surface area contributed by atoms with Crippen molar-refractivity contribution in [3.05, 3.63) is 106 Å². The number of azide groups is 1. The van der Waals surface area contributed by atoms with E-state index >= 15 is 0 Å². The molecule has 2 atom stereocenters. The first-order chi connectivity index (χ1) is 17.0. The van der Waals surface area contributed by atoms with Gasteiger partial charge in [0.2, 0.25) is 5.91 Å². The van der Waals surface area contributed by atoms with E-state index in [4.69, 9.17) is 5.53 Å². The van der Waals surface area contributed by atoms with E-state index < -0.39 is 6.04 Å². The molecule has 0 saturated heterocycles. The fraction of sp³-hybridized carbons (Fsp3) is 0.286. The van der Waals surface area contributed by atoms with E-state index in [1.54, 1.807) is 12.1 Å². The number of carbonyl (C=O) groups excluding carboxylic acids is 2. The Morgan fingerprint density at radius 2 is 1.46 bits per heavy atom. The Labute approximate surface area is 206 Å². The van der Waals surface area contributed by atoms with E-state index in [0.717, 1.165) is 16.7 Å². The van der Waals surface area contributed by atoms with E-state index in [2.05, 4.69) is 20.7 Å². The number of nitrogens with zero attached hydrogens (tertiary/aromatic N) is 3. The lowest BCUT2D eigenvalue weighted by atomic mass is 10.0. The Kier molecular flexibility index (Phi) is 9.46. The Hall–Kier alpha value is -4.09. The predicted molar refractivity (Wildman–Crippen MR) is 139 cm³/mol. The minimum Gasteiger partial charge on any atom is -0.351 e. The summed E-state index contributed by atoms with van der Waals surface area (Å²) in [5, 5.41) is 9.52. The Bertz CT molecular complexity index is 1140. The molecule has 7 heteroatoms. The summed E-state index contributed by atoms with van der Waals surface area (Å²) in [6.07, 6.45) is 1.01. The third kappa shape index (κ3) is 8.02. The summed E-state index contributed by atoms with van der Waals surface area (Å²) < 4.78 is 0. The summed E-state index contributed by atoms with van der Waals surface area (Å²) >= 11 is 0. The number of hydrogen-bond acceptors (Lipinski definition) is 3. The van der Waals surface area contributed by atoms with Crippen molar-refractivity contribution in [2.45, 2.75) is 38.8 Å². The smallest absolute Gasteiger partial charge is 0.251 e. The van der Waals surface area contributed by atoms with Crippen LogP contribution in [-0.4, -0.2) is 30.4 Å². The molecule has 0 aromatic heterocycles. The van der Waals surface area contributed by atoms with Gasteiger partial charge in [0.25, 0.3) is 5.91 Å². The minimum absolute atomic E-state index is 0.160. The zero-order chi connectivity index (χ0) is 25.0. The molecule has 0 heterocycles. The molecule has 7 nitrogen and oxygen atoms in total. The van der Waals surface area contributed by atoms with Crippen molar-refractivity contribution >= 4 is 11.8 Å². The van der Waals surface area contributed by atoms with Crippen molar-refractivity contribution < 1.29 is 9.59 Å². The number of nitrogens with one attached hydrogen (secondary N) is 2. The van der Waals surface area contributed by atoms with Crippen LogP contribution in [-0.2, 0) is 11.2 Å². The van der Waals surface area contributed by atoms with Crippen LogP contribution in [0.5, 0.6) is 0 Å². The van der Waals surface area contributed by atoms with Crippen LogP contribution in [0, 0.1) is 5.92 Å². The highest BCUT2D eigenvalue weighted by molar-refractivity contribution is 5.98. The van der Waals surface area contributed by atoms with Gasteiger partial charge in [-0.2, -0.15) is 0 Å². The van der Waals surface area contributed by atoms with Gasteiger partial charge in [0.1, 0.15) is 6.04 Å². The molecule has 0 bridgehead atoms. The highest BCUT2D eigenvalue weighted by Crippen LogP contribution is 2.19. The fourth-order valence-electron chi connectivity index (χ4n) is 3.93. The van der Waals surface area contributed by atoms with Gasteiger partial charge < -0.3 is 10.6 Å². The Morgan fingerprint density at radius 3 is 2.06 bits per heavy atom. The van der Waals surface area contributed by atoms with Crippen molar-refractivity contribution in [1.82, 2.24) is 10.6 Å². The second-order valence-corrected chi connectivity index (χ2v) is 8.91. The van der Waals surface area contributed by atoms with Crippen LogP contribution in [0.4, 0.5) is 0 Å². The van der Waals surface area contributed by atoms with Crippen molar-refractivity contribution in [3.63, 3.8) is 0 Å². The molecule has 3 aromatic carbocycles. The number of amides is 2. The molecule has 0 spiro atoms. The van der Waals surface area contributed by atoms with Crippen LogP contribution in [0.25, 0.3) is 21.6 Å². The van der Waals surface area contributed by atoms with Gasteiger partial charge in [0, 0.05) is 29.5 Å². The Morgan fingerprint density at radius 1 is 0.857 bits per heavy atom. The number of hydrogen-bond donors (Lipinski definition) is 2. The summed E-state index contributed by atoms with van der Waals surface area (Å²) in [4.78, 5) is 29.1. The molecular formula is C28H31N5O2. The van der Waals surface area contributed by atoms with Crippen molar-refractivity contribution in [1.29, 1.82) is 0 Å². The van der Waals surface area contributed by atoms with Gasteiger partial charge in [-0.25, -0.2) is 0 Å². The first kappa shape index (κ1) is 25.5. The third-order valence-corrected chi connectivity index (χ3v) is 5.63. The molecule has 35 heavy (non-hydrogen) atoms. The predicted octanol–water partition coefficient (Wildman–Crippen LogP) is 5.54. The minimum atomic E-state index is -0.778. The normalized spacial score (nSPS) is 12.3. The van der Waals surface area contributed by atoms with Crippen LogP contribution in [0.2, 0.25) is 0 Å². The second-order valence-electron chi connectivity index (χ2n) is 8.91. The van der Waals surface area contributed by atoms with Gasteiger partial charge in [0.15, 0.2) is 0 Å². The maximum Gasteiger partial charge on any atom is 0.251 e. The molecule has 0 aliphatic carbocycles. The molecule has 180 valence electrons. The van der Waals surface area contributed by atoms with Gasteiger partial charge in [-0.1, -0.05) is 91.8 Å². The molecule has 2 N–H and O–H groups in total. The van der Waals surface area contributed by atoms with Gasteiger partial charge in [-0.3, -0.25) is 9.59 Å². The average Bonchev–Trinajstić information content (AvgIpc) is 2.87. The fourth-order valence-corrected chi connectivity index (χ4v) is 3.93. The topological polar surface area (TPSA) is 107 Å². The number of rotatable bonds is 11. The summed E-state index contributed by atoms with van der Waals surface area (Å²) in [6.45, 7) is 4.24. The lowest BCUT2D eigenvalue weighted by molar-refractivity contribution is -0.123. The first-order valence-corrected chi connectivity index (χ1v) is 11.8.